The van der Waals surface area contributed by atoms with Crippen LogP contribution >= 0.6 is 0 Å². The molecule has 1 saturated heterocycles. The molecule has 2 atom stereocenters. The second-order valence-corrected chi connectivity index (χ2v) is 6.37. The van der Waals surface area contributed by atoms with Gasteiger partial charge in [0.15, 0.2) is 17.6 Å². The molecule has 0 aliphatic carbocycles. The van der Waals surface area contributed by atoms with Crippen molar-refractivity contribution in [3.05, 3.63) is 65.2 Å². The second-order valence-electron chi connectivity index (χ2n) is 6.37. The van der Waals surface area contributed by atoms with Gasteiger partial charge in [0, 0.05) is 12.7 Å². The summed E-state index contributed by atoms with van der Waals surface area (Å²) in [6, 6.07) is 17.1. The fourth-order valence-electron chi connectivity index (χ4n) is 3.42. The molecule has 1 amide bonds. The molecular weight excluding hydrogens is 344 g/mol. The fraction of sp³-hybridized carbons (Fsp3) is 0.238. The van der Waals surface area contributed by atoms with Crippen molar-refractivity contribution in [2.24, 2.45) is 0 Å². The third-order valence-electron chi connectivity index (χ3n) is 4.77. The lowest BCUT2D eigenvalue weighted by Gasteiger charge is -2.46. The largest absolute Gasteiger partial charge is 0.454 e. The highest BCUT2D eigenvalue weighted by molar-refractivity contribution is 5.89. The van der Waals surface area contributed by atoms with Crippen molar-refractivity contribution in [3.8, 4) is 17.6 Å². The number of nitrogens with zero attached hydrogens (tertiary/aromatic N) is 2. The van der Waals surface area contributed by atoms with Crippen LogP contribution in [0.1, 0.15) is 17.2 Å². The minimum Gasteiger partial charge on any atom is -0.454 e. The minimum atomic E-state index is -0.568. The lowest BCUT2D eigenvalue weighted by Crippen LogP contribution is -2.59. The molecule has 0 aromatic heterocycles. The van der Waals surface area contributed by atoms with Gasteiger partial charge in [-0.15, -0.1) is 0 Å². The number of carbonyl (C=O) groups excluding carboxylic acids is 1. The fourth-order valence-corrected chi connectivity index (χ4v) is 3.42. The first-order valence-electron chi connectivity index (χ1n) is 8.60. The van der Waals surface area contributed by atoms with Crippen molar-refractivity contribution >= 4 is 12.0 Å². The Morgan fingerprint density at radius 3 is 2.78 bits per heavy atom. The predicted octanol–water partition coefficient (Wildman–Crippen LogP) is 2.92. The molecule has 4 rings (SSSR count). The molecule has 0 saturated carbocycles. The number of carbonyl (C=O) groups is 1. The Kier molecular flexibility index (Phi) is 4.53. The molecule has 0 radical (unpaired) electrons. The Bertz CT molecular complexity index is 933. The maximum absolute atomic E-state index is 12.5. The Labute approximate surface area is 157 Å². The van der Waals surface area contributed by atoms with Crippen molar-refractivity contribution in [1.82, 2.24) is 4.90 Å². The molecule has 27 heavy (non-hydrogen) atoms. The Morgan fingerprint density at radius 1 is 1.26 bits per heavy atom. The molecule has 1 fully saturated rings. The smallest absolute Gasteiger partial charge is 0.255 e. The van der Waals surface area contributed by atoms with E-state index in [-0.39, 0.29) is 25.3 Å². The van der Waals surface area contributed by atoms with Crippen LogP contribution in [0.5, 0.6) is 11.5 Å². The molecule has 0 unspecified atom stereocenters. The van der Waals surface area contributed by atoms with Gasteiger partial charge in [-0.3, -0.25) is 4.79 Å². The van der Waals surface area contributed by atoms with Gasteiger partial charge < -0.3 is 19.1 Å². The highest BCUT2D eigenvalue weighted by Gasteiger charge is 2.48. The third kappa shape index (κ3) is 3.14. The van der Waals surface area contributed by atoms with Gasteiger partial charge in [-0.2, -0.15) is 5.26 Å². The molecule has 0 spiro atoms. The number of β-lactam (4-membered cyclic amide) rings is 1. The van der Waals surface area contributed by atoms with Crippen molar-refractivity contribution in [3.63, 3.8) is 0 Å². The van der Waals surface area contributed by atoms with Gasteiger partial charge >= 0.3 is 0 Å². The van der Waals surface area contributed by atoms with Crippen LogP contribution < -0.4 is 9.47 Å². The summed E-state index contributed by atoms with van der Waals surface area (Å²) in [5.41, 5.74) is 2.32. The summed E-state index contributed by atoms with van der Waals surface area (Å²) in [5, 5.41) is 9.52. The lowest BCUT2D eigenvalue weighted by molar-refractivity contribution is -0.170. The van der Waals surface area contributed by atoms with Gasteiger partial charge in [-0.1, -0.05) is 36.4 Å². The van der Waals surface area contributed by atoms with E-state index in [9.17, 15) is 10.1 Å². The van der Waals surface area contributed by atoms with Gasteiger partial charge in [0.2, 0.25) is 6.79 Å². The van der Waals surface area contributed by atoms with Crippen LogP contribution in [-0.2, 0) is 9.53 Å². The molecule has 6 nitrogen and oxygen atoms in total. The van der Waals surface area contributed by atoms with Crippen LogP contribution in [0.15, 0.2) is 54.1 Å². The molecule has 6 heteroatoms. The number of benzene rings is 2. The van der Waals surface area contributed by atoms with E-state index in [1.165, 1.54) is 7.11 Å². The monoisotopic (exact) mass is 362 g/mol. The first kappa shape index (κ1) is 17.1. The van der Waals surface area contributed by atoms with E-state index in [4.69, 9.17) is 14.2 Å². The highest BCUT2D eigenvalue weighted by Crippen LogP contribution is 2.41. The Balaban J connectivity index is 1.60. The Hall–Kier alpha value is -3.30. The number of amides is 1. The number of nitriles is 1. The van der Waals surface area contributed by atoms with Gasteiger partial charge in [0.05, 0.1) is 18.7 Å². The first-order chi connectivity index (χ1) is 13.2. The van der Waals surface area contributed by atoms with Gasteiger partial charge in [0.1, 0.15) is 0 Å². The van der Waals surface area contributed by atoms with Crippen molar-refractivity contribution in [1.29, 1.82) is 5.26 Å². The normalized spacial score (nSPS) is 21.0. The summed E-state index contributed by atoms with van der Waals surface area (Å²) in [6.07, 6.45) is 1.23. The quantitative estimate of drug-likeness (QED) is 0.604. The third-order valence-corrected chi connectivity index (χ3v) is 4.77. The van der Waals surface area contributed by atoms with E-state index < -0.39 is 6.10 Å². The Morgan fingerprint density at radius 2 is 2.04 bits per heavy atom. The highest BCUT2D eigenvalue weighted by atomic mass is 16.7. The number of methoxy groups -OCH3 is 1. The maximum Gasteiger partial charge on any atom is 0.255 e. The predicted molar refractivity (Wildman–Crippen MR) is 97.8 cm³/mol. The summed E-state index contributed by atoms with van der Waals surface area (Å²) in [6.45, 7) is 0.418. The number of hydrogen-bond acceptors (Lipinski definition) is 5. The summed E-state index contributed by atoms with van der Waals surface area (Å²) >= 11 is 0. The minimum absolute atomic E-state index is 0.130. The number of hydrogen-bond donors (Lipinski definition) is 0. The van der Waals surface area contributed by atoms with Crippen LogP contribution in [0, 0.1) is 11.3 Å². The standard InChI is InChI=1S/C21H18N2O4/c1-25-20-19(16-7-8-17-18(10-16)27-13-26-17)23(21(20)24)12-15(11-22)9-14-5-3-2-4-6-14/h2-10,19-20H,12-13H2,1H3/b15-9+/t19-,20+/m1/s1. The van der Waals surface area contributed by atoms with Crippen molar-refractivity contribution < 1.29 is 19.0 Å². The maximum atomic E-state index is 12.5. The molecule has 2 aromatic carbocycles. The molecule has 2 heterocycles. The zero-order valence-electron chi connectivity index (χ0n) is 14.8. The van der Waals surface area contributed by atoms with E-state index in [1.54, 1.807) is 11.0 Å². The van der Waals surface area contributed by atoms with Crippen LogP contribution in [0.25, 0.3) is 6.08 Å². The average molecular weight is 362 g/mol. The van der Waals surface area contributed by atoms with Crippen LogP contribution in [0.4, 0.5) is 0 Å². The van der Waals surface area contributed by atoms with Crippen molar-refractivity contribution in [2.75, 3.05) is 20.4 Å². The summed E-state index contributed by atoms with van der Waals surface area (Å²) in [7, 11) is 1.52. The average Bonchev–Trinajstić information content (AvgIpc) is 3.17. The lowest BCUT2D eigenvalue weighted by atomic mass is 9.89. The molecule has 0 bridgehead atoms. The van der Waals surface area contributed by atoms with Crippen molar-refractivity contribution in [2.45, 2.75) is 12.1 Å². The van der Waals surface area contributed by atoms with E-state index in [0.29, 0.717) is 17.1 Å². The molecule has 136 valence electrons. The van der Waals surface area contributed by atoms with Crippen LogP contribution in [0.3, 0.4) is 0 Å². The SMILES string of the molecule is CO[C@@H]1C(=O)N(C/C(C#N)=C/c2ccccc2)[C@@H]1c1ccc2c(c1)OCO2. The summed E-state index contributed by atoms with van der Waals surface area (Å²) in [5.74, 6) is 1.21. The molecular formula is C21H18N2O4. The van der Waals surface area contributed by atoms with E-state index >= 15 is 0 Å². The summed E-state index contributed by atoms with van der Waals surface area (Å²) < 4.78 is 16.2. The van der Waals surface area contributed by atoms with Gasteiger partial charge in [-0.05, 0) is 29.3 Å². The zero-order valence-corrected chi connectivity index (χ0v) is 14.8. The van der Waals surface area contributed by atoms with Crippen LogP contribution in [0.2, 0.25) is 0 Å². The topological polar surface area (TPSA) is 71.8 Å². The first-order valence-corrected chi connectivity index (χ1v) is 8.60. The second kappa shape index (κ2) is 7.14. The zero-order chi connectivity index (χ0) is 18.8. The van der Waals surface area contributed by atoms with Gasteiger partial charge in [0.25, 0.3) is 5.91 Å². The van der Waals surface area contributed by atoms with Gasteiger partial charge in [-0.25, -0.2) is 0 Å². The molecule has 2 aliphatic rings. The number of fused-ring (bicyclic) bond motifs is 1. The number of likely N-dealkylation sites (tertiary alicyclic amines) is 1. The van der Waals surface area contributed by atoms with E-state index in [2.05, 4.69) is 6.07 Å². The van der Waals surface area contributed by atoms with E-state index in [0.717, 1.165) is 11.1 Å². The van der Waals surface area contributed by atoms with E-state index in [1.807, 2.05) is 48.5 Å². The molecule has 2 aliphatic heterocycles. The van der Waals surface area contributed by atoms with Crippen LogP contribution in [-0.4, -0.2) is 37.4 Å². The molecule has 0 N–H and O–H groups in total. The number of ether oxygens (including phenoxy) is 3. The number of rotatable bonds is 5. The molecule has 2 aromatic rings. The summed E-state index contributed by atoms with van der Waals surface area (Å²) in [4.78, 5) is 14.2.